The van der Waals surface area contributed by atoms with Crippen molar-refractivity contribution in [1.29, 1.82) is 0 Å². The van der Waals surface area contributed by atoms with Crippen LogP contribution in [0.5, 0.6) is 11.5 Å². The number of carboxylic acids is 1. The third kappa shape index (κ3) is 4.22. The molecule has 4 rings (SSSR count). The molecule has 4 N–H and O–H groups in total. The van der Waals surface area contributed by atoms with E-state index in [0.29, 0.717) is 5.56 Å². The summed E-state index contributed by atoms with van der Waals surface area (Å²) in [6.45, 7) is -0.0117. The summed E-state index contributed by atoms with van der Waals surface area (Å²) in [7, 11) is 0. The Labute approximate surface area is 185 Å². The fourth-order valence-corrected chi connectivity index (χ4v) is 3.10. The van der Waals surface area contributed by atoms with Gasteiger partial charge in [0.05, 0.1) is 17.4 Å². The Bertz CT molecular complexity index is 1360. The van der Waals surface area contributed by atoms with Gasteiger partial charge in [-0.2, -0.15) is 5.10 Å². The molecule has 32 heavy (non-hydrogen) atoms. The van der Waals surface area contributed by atoms with Crippen LogP contribution in [0, 0.1) is 5.82 Å². The number of nitrogens with one attached hydrogen (secondary N) is 1. The molecule has 0 saturated heterocycles. The summed E-state index contributed by atoms with van der Waals surface area (Å²) in [5.41, 5.74) is 6.51. The minimum atomic E-state index is -1.19. The molecule has 0 fully saturated rings. The molecule has 2 heterocycles. The minimum Gasteiger partial charge on any atom is -0.478 e. The number of ether oxygens (including phenoxy) is 1. The molecule has 1 amide bonds. The number of aromatic carboxylic acids is 1. The zero-order valence-electron chi connectivity index (χ0n) is 16.3. The van der Waals surface area contributed by atoms with Crippen molar-refractivity contribution in [3.05, 3.63) is 82.5 Å². The highest BCUT2D eigenvalue weighted by Gasteiger charge is 2.19. The van der Waals surface area contributed by atoms with Gasteiger partial charge in [0.2, 0.25) is 0 Å². The topological polar surface area (TPSA) is 132 Å². The Morgan fingerprint density at radius 1 is 1.19 bits per heavy atom. The number of nitrogens with two attached hydrogens (primary N) is 1. The number of fused-ring (bicyclic) bond motifs is 1. The smallest absolute Gasteiger partial charge is 0.335 e. The molecule has 162 valence electrons. The molecule has 0 atom stereocenters. The van der Waals surface area contributed by atoms with Crippen LogP contribution < -0.4 is 15.8 Å². The first kappa shape index (κ1) is 21.2. The molecule has 2 aromatic heterocycles. The Morgan fingerprint density at radius 2 is 2.00 bits per heavy atom. The van der Waals surface area contributed by atoms with Gasteiger partial charge < -0.3 is 20.9 Å². The van der Waals surface area contributed by atoms with Gasteiger partial charge in [-0.3, -0.25) is 4.79 Å². The van der Waals surface area contributed by atoms with Gasteiger partial charge in [0, 0.05) is 18.3 Å². The van der Waals surface area contributed by atoms with Crippen molar-refractivity contribution < 1.29 is 23.8 Å². The third-order valence-electron chi connectivity index (χ3n) is 4.52. The Hall–Kier alpha value is -4.02. The van der Waals surface area contributed by atoms with Crippen LogP contribution in [0.3, 0.4) is 0 Å². The van der Waals surface area contributed by atoms with Crippen molar-refractivity contribution in [2.75, 3.05) is 5.32 Å². The summed E-state index contributed by atoms with van der Waals surface area (Å²) in [5, 5.41) is 16.2. The van der Waals surface area contributed by atoms with Crippen molar-refractivity contribution in [3.63, 3.8) is 0 Å². The third-order valence-corrected chi connectivity index (χ3v) is 4.73. The number of carboxylic acid groups (broad SMARTS) is 1. The molecule has 0 radical (unpaired) electrons. The number of carbonyl (C=O) groups excluding carboxylic acids is 1. The molecule has 2 aromatic carbocycles. The second kappa shape index (κ2) is 8.61. The number of carbonyl (C=O) groups is 2. The first-order valence-corrected chi connectivity index (χ1v) is 9.58. The molecule has 0 bridgehead atoms. The molecule has 0 unspecified atom stereocenters. The number of halogens is 2. The standard InChI is InChI=1S/C21H15ClFN5O4/c22-18-5-6-28-19(27-18)14(10-25-28)20(29)26-15-3-1-11(21(30)31)8-17(15)32-16-4-2-13(23)7-12(16)9-24/h1-8,10H,9,24H2,(H,26,29)(H,30,31). The molecule has 0 aliphatic heterocycles. The Kier molecular flexibility index (Phi) is 5.71. The normalized spacial score (nSPS) is 10.8. The lowest BCUT2D eigenvalue weighted by atomic mass is 10.1. The van der Waals surface area contributed by atoms with Crippen LogP contribution in [0.1, 0.15) is 26.3 Å². The molecule has 0 saturated carbocycles. The largest absolute Gasteiger partial charge is 0.478 e. The molecule has 11 heteroatoms. The van der Waals surface area contributed by atoms with E-state index in [1.165, 1.54) is 53.2 Å². The van der Waals surface area contributed by atoms with Crippen LogP contribution in [0.2, 0.25) is 5.15 Å². The van der Waals surface area contributed by atoms with Gasteiger partial charge >= 0.3 is 5.97 Å². The van der Waals surface area contributed by atoms with E-state index in [9.17, 15) is 19.1 Å². The highest BCUT2D eigenvalue weighted by Crippen LogP contribution is 2.33. The summed E-state index contributed by atoms with van der Waals surface area (Å²) in [4.78, 5) is 28.4. The van der Waals surface area contributed by atoms with Crippen LogP contribution in [-0.4, -0.2) is 31.6 Å². The van der Waals surface area contributed by atoms with E-state index in [2.05, 4.69) is 15.4 Å². The van der Waals surface area contributed by atoms with Gasteiger partial charge in [-0.1, -0.05) is 11.6 Å². The summed E-state index contributed by atoms with van der Waals surface area (Å²) in [6.07, 6.45) is 2.88. The zero-order valence-corrected chi connectivity index (χ0v) is 17.0. The number of benzene rings is 2. The van der Waals surface area contributed by atoms with Crippen LogP contribution in [0.25, 0.3) is 5.65 Å². The maximum atomic E-state index is 13.5. The lowest BCUT2D eigenvalue weighted by molar-refractivity contribution is 0.0696. The monoisotopic (exact) mass is 455 g/mol. The van der Waals surface area contributed by atoms with Crippen molar-refractivity contribution in [2.24, 2.45) is 5.73 Å². The van der Waals surface area contributed by atoms with E-state index in [-0.39, 0.29) is 45.7 Å². The highest BCUT2D eigenvalue weighted by atomic mass is 35.5. The average molecular weight is 456 g/mol. The second-order valence-corrected chi connectivity index (χ2v) is 6.99. The van der Waals surface area contributed by atoms with E-state index in [1.54, 1.807) is 6.20 Å². The molecule has 9 nitrogen and oxygen atoms in total. The zero-order chi connectivity index (χ0) is 22.8. The number of nitrogens with zero attached hydrogens (tertiary/aromatic N) is 3. The molecular formula is C21H15ClFN5O4. The van der Waals surface area contributed by atoms with Gasteiger partial charge in [-0.05, 0) is 42.5 Å². The minimum absolute atomic E-state index is 0.0117. The van der Waals surface area contributed by atoms with Gasteiger partial charge in [0.15, 0.2) is 11.4 Å². The van der Waals surface area contributed by atoms with Crippen molar-refractivity contribution in [3.8, 4) is 11.5 Å². The lowest BCUT2D eigenvalue weighted by Gasteiger charge is -2.15. The van der Waals surface area contributed by atoms with Crippen LogP contribution >= 0.6 is 11.6 Å². The Morgan fingerprint density at radius 3 is 2.75 bits per heavy atom. The maximum absolute atomic E-state index is 13.5. The fraction of sp³-hybridized carbons (Fsp3) is 0.0476. The van der Waals surface area contributed by atoms with Gasteiger partial charge in [0.25, 0.3) is 5.91 Å². The number of hydrogen-bond acceptors (Lipinski definition) is 6. The van der Waals surface area contributed by atoms with E-state index in [4.69, 9.17) is 22.1 Å². The van der Waals surface area contributed by atoms with Gasteiger partial charge in [-0.15, -0.1) is 0 Å². The van der Waals surface area contributed by atoms with E-state index < -0.39 is 17.7 Å². The van der Waals surface area contributed by atoms with Crippen LogP contribution in [0.4, 0.5) is 10.1 Å². The highest BCUT2D eigenvalue weighted by molar-refractivity contribution is 6.29. The first-order chi connectivity index (χ1) is 15.4. The summed E-state index contributed by atoms with van der Waals surface area (Å²) in [6, 6.07) is 9.22. The van der Waals surface area contributed by atoms with Crippen LogP contribution in [0.15, 0.2) is 54.9 Å². The predicted molar refractivity (Wildman–Crippen MR) is 114 cm³/mol. The molecule has 0 aliphatic rings. The van der Waals surface area contributed by atoms with Gasteiger partial charge in [-0.25, -0.2) is 18.7 Å². The number of hydrogen-bond donors (Lipinski definition) is 3. The molecule has 0 spiro atoms. The number of aromatic nitrogens is 3. The quantitative estimate of drug-likeness (QED) is 0.377. The average Bonchev–Trinajstić information content (AvgIpc) is 3.19. The van der Waals surface area contributed by atoms with E-state index in [0.717, 1.165) is 0 Å². The first-order valence-electron chi connectivity index (χ1n) is 9.20. The molecule has 0 aliphatic carbocycles. The van der Waals surface area contributed by atoms with E-state index >= 15 is 0 Å². The van der Waals surface area contributed by atoms with Crippen molar-refractivity contribution in [2.45, 2.75) is 6.54 Å². The summed E-state index contributed by atoms with van der Waals surface area (Å²) < 4.78 is 20.7. The molecule has 4 aromatic rings. The SMILES string of the molecule is NCc1cc(F)ccc1Oc1cc(C(=O)O)ccc1NC(=O)c1cnn2ccc(Cl)nc12. The maximum Gasteiger partial charge on any atom is 0.335 e. The second-order valence-electron chi connectivity index (χ2n) is 6.61. The van der Waals surface area contributed by atoms with Crippen molar-refractivity contribution >= 4 is 34.8 Å². The summed E-state index contributed by atoms with van der Waals surface area (Å²) >= 11 is 5.92. The number of anilines is 1. The number of rotatable bonds is 6. The predicted octanol–water partition coefficient (Wildman–Crippen LogP) is 3.72. The lowest BCUT2D eigenvalue weighted by Crippen LogP contribution is -2.13. The summed E-state index contributed by atoms with van der Waals surface area (Å²) in [5.74, 6) is -2.00. The van der Waals surface area contributed by atoms with Gasteiger partial charge in [0.1, 0.15) is 22.3 Å². The van der Waals surface area contributed by atoms with Crippen molar-refractivity contribution in [1.82, 2.24) is 14.6 Å². The van der Waals surface area contributed by atoms with Crippen LogP contribution in [-0.2, 0) is 6.54 Å². The van der Waals surface area contributed by atoms with E-state index in [1.807, 2.05) is 0 Å². The fourth-order valence-electron chi connectivity index (χ4n) is 2.97. The molecular weight excluding hydrogens is 441 g/mol. The number of amides is 1. The Balaban J connectivity index is 1.71.